The van der Waals surface area contributed by atoms with Crippen molar-refractivity contribution in [1.29, 1.82) is 0 Å². The zero-order chi connectivity index (χ0) is 22.4. The molecule has 0 aromatic heterocycles. The molecule has 6 nitrogen and oxygen atoms in total. The summed E-state index contributed by atoms with van der Waals surface area (Å²) in [6.45, 7) is 1.56. The first-order chi connectivity index (χ1) is 14.5. The Morgan fingerprint density at radius 3 is 2.32 bits per heavy atom. The minimum Gasteiger partial charge on any atom is -0.633 e. The molecule has 0 N–H and O–H groups in total. The molecule has 10 heteroatoms. The van der Waals surface area contributed by atoms with Gasteiger partial charge in [0.1, 0.15) is 26.2 Å². The highest BCUT2D eigenvalue weighted by Gasteiger charge is 2.35. The van der Waals surface area contributed by atoms with Crippen molar-refractivity contribution < 1.29 is 26.7 Å². The van der Waals surface area contributed by atoms with E-state index in [2.05, 4.69) is 0 Å². The topological polar surface area (TPSA) is 66.4 Å². The van der Waals surface area contributed by atoms with Crippen LogP contribution in [0.1, 0.15) is 12.0 Å². The predicted octanol–water partition coefficient (Wildman–Crippen LogP) is 3.99. The van der Waals surface area contributed by atoms with Gasteiger partial charge in [-0.2, -0.15) is 13.2 Å². The molecule has 2 aromatic carbocycles. The van der Waals surface area contributed by atoms with E-state index in [4.69, 9.17) is 0 Å². The molecular formula is C21H24F3N3O3S. The Balaban J connectivity index is 1.60. The minimum absolute atomic E-state index is 0.232. The predicted molar refractivity (Wildman–Crippen MR) is 112 cm³/mol. The average molecular weight is 456 g/mol. The van der Waals surface area contributed by atoms with Crippen LogP contribution in [0.5, 0.6) is 0 Å². The minimum atomic E-state index is -4.51. The van der Waals surface area contributed by atoms with Crippen LogP contribution in [-0.4, -0.2) is 59.8 Å². The smallest absolute Gasteiger partial charge is 0.416 e. The van der Waals surface area contributed by atoms with Crippen molar-refractivity contribution >= 4 is 22.2 Å². The highest BCUT2D eigenvalue weighted by molar-refractivity contribution is 7.85. The SMILES string of the molecule is C[N+]1([O-])CC[N+]([O-])(CCCN2c3ccccc3S(=O)c3ccc(C(F)(F)F)cc32)CC1. The third-order valence-electron chi connectivity index (χ3n) is 6.04. The Morgan fingerprint density at radius 2 is 1.65 bits per heavy atom. The normalized spacial score (nSPS) is 28.2. The molecule has 2 aliphatic rings. The van der Waals surface area contributed by atoms with Crippen LogP contribution < -0.4 is 4.90 Å². The first-order valence-corrected chi connectivity index (χ1v) is 11.3. The summed E-state index contributed by atoms with van der Waals surface area (Å²) < 4.78 is 52.0. The number of hydroxylamine groups is 6. The van der Waals surface area contributed by atoms with Gasteiger partial charge in [0.05, 0.1) is 51.1 Å². The van der Waals surface area contributed by atoms with E-state index in [0.717, 1.165) is 12.1 Å². The van der Waals surface area contributed by atoms with Gasteiger partial charge in [-0.3, -0.25) is 0 Å². The van der Waals surface area contributed by atoms with E-state index in [-0.39, 0.29) is 38.4 Å². The summed E-state index contributed by atoms with van der Waals surface area (Å²) >= 11 is 0. The number of quaternary nitrogens is 2. The maximum atomic E-state index is 13.3. The number of hydrogen-bond donors (Lipinski definition) is 0. The molecule has 1 atom stereocenters. The summed E-state index contributed by atoms with van der Waals surface area (Å²) in [5, 5.41) is 25.0. The van der Waals surface area contributed by atoms with Crippen molar-refractivity contribution in [2.75, 3.05) is 51.2 Å². The number of halogens is 3. The van der Waals surface area contributed by atoms with Crippen molar-refractivity contribution in [2.24, 2.45) is 0 Å². The molecule has 0 radical (unpaired) electrons. The van der Waals surface area contributed by atoms with Crippen LogP contribution >= 0.6 is 0 Å². The number of alkyl halides is 3. The number of nitrogens with zero attached hydrogens (tertiary/aromatic N) is 3. The summed E-state index contributed by atoms with van der Waals surface area (Å²) in [7, 11) is -0.0252. The molecule has 1 unspecified atom stereocenters. The molecule has 1 fully saturated rings. The molecule has 0 amide bonds. The number of para-hydroxylation sites is 1. The number of hydrogen-bond acceptors (Lipinski definition) is 4. The van der Waals surface area contributed by atoms with Crippen LogP contribution in [0.15, 0.2) is 52.3 Å². The molecule has 0 bridgehead atoms. The fraction of sp³-hybridized carbons (Fsp3) is 0.429. The molecule has 168 valence electrons. The number of likely N-dealkylation sites (N-methyl/N-ethyl adjacent to an activating group) is 1. The lowest BCUT2D eigenvalue weighted by Crippen LogP contribution is -2.61. The standard InChI is InChI=1S/C21H24F3N3O3S/c1-26(28)11-13-27(29,14-12-26)10-4-9-25-17-5-2-3-6-19(17)31(30)20-8-7-16(15-18(20)25)21(22,23)24/h2-3,5-8,15H,4,9-14H2,1H3. The first kappa shape index (κ1) is 22.2. The summed E-state index contributed by atoms with van der Waals surface area (Å²) in [6.07, 6.45) is -4.08. The van der Waals surface area contributed by atoms with Gasteiger partial charge in [0, 0.05) is 13.0 Å². The molecule has 31 heavy (non-hydrogen) atoms. The van der Waals surface area contributed by atoms with E-state index in [0.29, 0.717) is 28.4 Å². The van der Waals surface area contributed by atoms with Gasteiger partial charge in [0.15, 0.2) is 0 Å². The molecule has 1 saturated heterocycles. The van der Waals surface area contributed by atoms with E-state index < -0.39 is 31.8 Å². The molecule has 2 heterocycles. The maximum Gasteiger partial charge on any atom is 0.416 e. The van der Waals surface area contributed by atoms with Crippen LogP contribution in [0.2, 0.25) is 0 Å². The fourth-order valence-corrected chi connectivity index (χ4v) is 5.50. The lowest BCUT2D eigenvalue weighted by molar-refractivity contribution is -0.980. The van der Waals surface area contributed by atoms with Gasteiger partial charge >= 0.3 is 6.18 Å². The van der Waals surface area contributed by atoms with Gasteiger partial charge in [-0.25, -0.2) is 4.21 Å². The Hall–Kier alpha value is -1.98. The first-order valence-electron chi connectivity index (χ1n) is 10.1. The largest absolute Gasteiger partial charge is 0.633 e. The van der Waals surface area contributed by atoms with Gasteiger partial charge in [0.25, 0.3) is 0 Å². The van der Waals surface area contributed by atoms with E-state index >= 15 is 0 Å². The number of fused-ring (bicyclic) bond motifs is 2. The molecular weight excluding hydrogens is 431 g/mol. The van der Waals surface area contributed by atoms with Crippen LogP contribution in [0, 0.1) is 10.4 Å². The summed E-state index contributed by atoms with van der Waals surface area (Å²) in [4.78, 5) is 2.60. The Bertz CT molecular complexity index is 1000. The second-order valence-corrected chi connectivity index (χ2v) is 9.81. The second-order valence-electron chi connectivity index (χ2n) is 8.39. The number of piperazine rings is 1. The van der Waals surface area contributed by atoms with Crippen molar-refractivity contribution in [3.8, 4) is 0 Å². The van der Waals surface area contributed by atoms with Crippen molar-refractivity contribution in [3.05, 3.63) is 58.4 Å². The third kappa shape index (κ3) is 4.49. The van der Waals surface area contributed by atoms with E-state index in [1.54, 1.807) is 36.2 Å². The van der Waals surface area contributed by atoms with E-state index in [9.17, 15) is 27.8 Å². The van der Waals surface area contributed by atoms with Gasteiger partial charge in [0.2, 0.25) is 0 Å². The molecule has 2 aromatic rings. The van der Waals surface area contributed by atoms with Crippen molar-refractivity contribution in [1.82, 2.24) is 0 Å². The zero-order valence-electron chi connectivity index (χ0n) is 17.1. The quantitative estimate of drug-likeness (QED) is 0.517. The molecule has 0 spiro atoms. The Morgan fingerprint density at radius 1 is 1.00 bits per heavy atom. The molecule has 2 aliphatic heterocycles. The fourth-order valence-electron chi connectivity index (χ4n) is 4.14. The van der Waals surface area contributed by atoms with Crippen molar-refractivity contribution in [2.45, 2.75) is 22.4 Å². The lowest BCUT2D eigenvalue weighted by atomic mass is 10.1. The molecule has 0 saturated carbocycles. The highest BCUT2D eigenvalue weighted by Crippen LogP contribution is 2.44. The second kappa shape index (κ2) is 7.86. The van der Waals surface area contributed by atoms with E-state index in [1.165, 1.54) is 6.07 Å². The summed E-state index contributed by atoms with van der Waals surface area (Å²) in [5.41, 5.74) is 0.0443. The van der Waals surface area contributed by atoms with Crippen LogP contribution in [0.4, 0.5) is 24.5 Å². The number of anilines is 2. The van der Waals surface area contributed by atoms with Gasteiger partial charge in [-0.1, -0.05) is 12.1 Å². The Kier molecular flexibility index (Phi) is 5.63. The van der Waals surface area contributed by atoms with Gasteiger partial charge in [-0.05, 0) is 30.3 Å². The van der Waals surface area contributed by atoms with Crippen LogP contribution in [0.25, 0.3) is 0 Å². The van der Waals surface area contributed by atoms with Gasteiger partial charge in [-0.15, -0.1) is 0 Å². The third-order valence-corrected chi connectivity index (χ3v) is 7.53. The molecule has 0 aliphatic carbocycles. The summed E-state index contributed by atoms with van der Waals surface area (Å²) in [5.74, 6) is 0. The van der Waals surface area contributed by atoms with Crippen LogP contribution in [0.3, 0.4) is 0 Å². The highest BCUT2D eigenvalue weighted by atomic mass is 32.2. The van der Waals surface area contributed by atoms with Gasteiger partial charge < -0.3 is 24.6 Å². The molecule has 4 rings (SSSR count). The number of benzene rings is 2. The average Bonchev–Trinajstić information content (AvgIpc) is 2.72. The zero-order valence-corrected chi connectivity index (χ0v) is 17.9. The summed E-state index contributed by atoms with van der Waals surface area (Å²) in [6, 6.07) is 10.2. The van der Waals surface area contributed by atoms with Crippen LogP contribution in [-0.2, 0) is 17.0 Å². The number of rotatable bonds is 4. The van der Waals surface area contributed by atoms with E-state index in [1.807, 2.05) is 0 Å². The Labute approximate surface area is 181 Å². The van der Waals surface area contributed by atoms with Crippen molar-refractivity contribution in [3.63, 3.8) is 0 Å². The maximum absolute atomic E-state index is 13.3. The monoisotopic (exact) mass is 455 g/mol. The lowest BCUT2D eigenvalue weighted by Gasteiger charge is -2.52.